The molecule has 0 saturated heterocycles. The van der Waals surface area contributed by atoms with E-state index in [1.54, 1.807) is 11.3 Å². The number of rotatable bonds is 4. The van der Waals surface area contributed by atoms with Gasteiger partial charge in [-0.2, -0.15) is 0 Å². The number of thiophene rings is 1. The molecule has 12 aromatic rings. The van der Waals surface area contributed by atoms with Crippen LogP contribution >= 0.6 is 11.3 Å². The van der Waals surface area contributed by atoms with E-state index >= 15 is 0 Å². The molecule has 0 spiro atoms. The van der Waals surface area contributed by atoms with Crippen LogP contribution in [-0.2, 0) is 0 Å². The standard InChI is InChI=1S/C49H29N5S/c1-3-14-30(15-4-1)44-34-18-7-10-22-38(34)51-48(52-44)31-25-27-33(28-26-31)53-39-23-11-8-19-35(39)41-42-37-21-13-29-50-49(37)55-47(42)46-43(45(41)53)36-20-9-12-24-40(36)54(46)32-16-5-2-6-17-32/h1-29H. The van der Waals surface area contributed by atoms with Gasteiger partial charge in [-0.25, -0.2) is 15.0 Å². The first kappa shape index (κ1) is 30.3. The molecule has 0 bridgehead atoms. The molecule has 0 unspecified atom stereocenters. The second-order valence-electron chi connectivity index (χ2n) is 14.0. The van der Waals surface area contributed by atoms with Crippen molar-refractivity contribution >= 4 is 86.2 Å². The zero-order chi connectivity index (χ0) is 36.0. The maximum Gasteiger partial charge on any atom is 0.160 e. The van der Waals surface area contributed by atoms with Crippen molar-refractivity contribution in [3.8, 4) is 34.0 Å². The van der Waals surface area contributed by atoms with Crippen molar-refractivity contribution in [1.82, 2.24) is 24.1 Å². The number of benzene rings is 7. The van der Waals surface area contributed by atoms with Crippen molar-refractivity contribution in [3.63, 3.8) is 0 Å². The zero-order valence-corrected chi connectivity index (χ0v) is 30.2. The van der Waals surface area contributed by atoms with Gasteiger partial charge in [0.15, 0.2) is 5.82 Å². The normalized spacial score (nSPS) is 12.0. The van der Waals surface area contributed by atoms with E-state index in [9.17, 15) is 0 Å². The van der Waals surface area contributed by atoms with E-state index in [-0.39, 0.29) is 0 Å². The molecule has 0 amide bonds. The maximum absolute atomic E-state index is 5.17. The van der Waals surface area contributed by atoms with E-state index in [4.69, 9.17) is 15.0 Å². The Bertz CT molecular complexity index is 3470. The van der Waals surface area contributed by atoms with Gasteiger partial charge in [0.25, 0.3) is 0 Å². The number of nitrogens with zero attached hydrogens (tertiary/aromatic N) is 5. The molecule has 0 aliphatic heterocycles. The fourth-order valence-corrected chi connectivity index (χ4v) is 9.86. The van der Waals surface area contributed by atoms with Crippen molar-refractivity contribution in [1.29, 1.82) is 0 Å². The van der Waals surface area contributed by atoms with E-state index in [0.717, 1.165) is 49.4 Å². The molecule has 0 aliphatic carbocycles. The molecule has 0 saturated carbocycles. The summed E-state index contributed by atoms with van der Waals surface area (Å²) in [7, 11) is 0. The topological polar surface area (TPSA) is 48.5 Å². The van der Waals surface area contributed by atoms with Crippen LogP contribution in [0.25, 0.3) is 109 Å². The Kier molecular flexibility index (Phi) is 6.44. The predicted molar refractivity (Wildman–Crippen MR) is 230 cm³/mol. The number of fused-ring (bicyclic) bond motifs is 13. The fraction of sp³-hybridized carbons (Fsp3) is 0. The number of para-hydroxylation sites is 4. The van der Waals surface area contributed by atoms with Gasteiger partial charge in [0, 0.05) is 66.4 Å². The van der Waals surface area contributed by atoms with Crippen LogP contribution in [0.1, 0.15) is 0 Å². The molecule has 256 valence electrons. The zero-order valence-electron chi connectivity index (χ0n) is 29.4. The van der Waals surface area contributed by atoms with Crippen molar-refractivity contribution in [3.05, 3.63) is 176 Å². The average molecular weight is 720 g/mol. The van der Waals surface area contributed by atoms with Gasteiger partial charge in [0.2, 0.25) is 0 Å². The van der Waals surface area contributed by atoms with Gasteiger partial charge in [0.05, 0.1) is 38.0 Å². The van der Waals surface area contributed by atoms with Crippen LogP contribution in [0.3, 0.4) is 0 Å². The van der Waals surface area contributed by atoms with Gasteiger partial charge in [-0.05, 0) is 66.7 Å². The monoisotopic (exact) mass is 719 g/mol. The predicted octanol–water partition coefficient (Wildman–Crippen LogP) is 12.9. The summed E-state index contributed by atoms with van der Waals surface area (Å²) in [6.07, 6.45) is 1.91. The third-order valence-electron chi connectivity index (χ3n) is 11.0. The van der Waals surface area contributed by atoms with Crippen molar-refractivity contribution in [2.24, 2.45) is 0 Å². The lowest BCUT2D eigenvalue weighted by atomic mass is 10.0. The molecule has 55 heavy (non-hydrogen) atoms. The fourth-order valence-electron chi connectivity index (χ4n) is 8.67. The summed E-state index contributed by atoms with van der Waals surface area (Å²) in [5.41, 5.74) is 10.9. The first-order valence-electron chi connectivity index (χ1n) is 18.5. The lowest BCUT2D eigenvalue weighted by molar-refractivity contribution is 1.18. The van der Waals surface area contributed by atoms with Gasteiger partial charge in [-0.15, -0.1) is 11.3 Å². The van der Waals surface area contributed by atoms with Crippen LogP contribution in [0.4, 0.5) is 0 Å². The number of aromatic nitrogens is 5. The summed E-state index contributed by atoms with van der Waals surface area (Å²) in [6.45, 7) is 0. The Balaban J connectivity index is 1.19. The number of hydrogen-bond acceptors (Lipinski definition) is 4. The highest BCUT2D eigenvalue weighted by Gasteiger charge is 2.27. The lowest BCUT2D eigenvalue weighted by Gasteiger charge is -2.12. The van der Waals surface area contributed by atoms with Crippen LogP contribution in [0.2, 0.25) is 0 Å². The first-order valence-corrected chi connectivity index (χ1v) is 19.3. The number of hydrogen-bond donors (Lipinski definition) is 0. The second-order valence-corrected chi connectivity index (χ2v) is 15.0. The van der Waals surface area contributed by atoms with E-state index in [1.165, 1.54) is 53.6 Å². The van der Waals surface area contributed by atoms with E-state index in [1.807, 2.05) is 18.3 Å². The Hall–Kier alpha value is -7.15. The van der Waals surface area contributed by atoms with Gasteiger partial charge >= 0.3 is 0 Å². The van der Waals surface area contributed by atoms with E-state index in [2.05, 4.69) is 167 Å². The van der Waals surface area contributed by atoms with Gasteiger partial charge in [-0.3, -0.25) is 0 Å². The SMILES string of the molecule is c1ccc(-c2nc(-c3ccc(-n4c5ccccc5c5c6c7cccnc7sc6c6c(c7ccccc7n6-c6ccccc6)c54)cc3)nc3ccccc23)cc1. The van der Waals surface area contributed by atoms with E-state index < -0.39 is 0 Å². The van der Waals surface area contributed by atoms with Crippen molar-refractivity contribution in [2.75, 3.05) is 0 Å². The molecule has 0 aliphatic rings. The largest absolute Gasteiger partial charge is 0.309 e. The molecular formula is C49H29N5S. The Morgan fingerprint density at radius 2 is 1.02 bits per heavy atom. The molecule has 12 rings (SSSR count). The van der Waals surface area contributed by atoms with Crippen LogP contribution in [-0.4, -0.2) is 24.1 Å². The highest BCUT2D eigenvalue weighted by molar-refractivity contribution is 7.26. The molecule has 0 N–H and O–H groups in total. The van der Waals surface area contributed by atoms with Crippen LogP contribution in [0, 0.1) is 0 Å². The highest BCUT2D eigenvalue weighted by atomic mass is 32.1. The van der Waals surface area contributed by atoms with Gasteiger partial charge in [-0.1, -0.05) is 103 Å². The van der Waals surface area contributed by atoms with Crippen molar-refractivity contribution < 1.29 is 0 Å². The molecule has 0 radical (unpaired) electrons. The first-order chi connectivity index (χ1) is 27.3. The molecule has 5 heterocycles. The summed E-state index contributed by atoms with van der Waals surface area (Å²) in [4.78, 5) is 16.2. The molecule has 7 aromatic carbocycles. The number of pyridine rings is 1. The van der Waals surface area contributed by atoms with Gasteiger partial charge in [0.1, 0.15) is 4.83 Å². The second kappa shape index (κ2) is 11.7. The minimum absolute atomic E-state index is 0.707. The van der Waals surface area contributed by atoms with Gasteiger partial charge < -0.3 is 9.13 Å². The van der Waals surface area contributed by atoms with Crippen LogP contribution in [0.15, 0.2) is 176 Å². The van der Waals surface area contributed by atoms with E-state index in [0.29, 0.717) is 5.82 Å². The summed E-state index contributed by atoms with van der Waals surface area (Å²) in [5, 5.41) is 8.40. The molecule has 6 heteroatoms. The maximum atomic E-state index is 5.17. The average Bonchev–Trinajstić information content (AvgIpc) is 3.92. The quantitative estimate of drug-likeness (QED) is 0.182. The molecule has 0 atom stereocenters. The molecule has 5 aromatic heterocycles. The van der Waals surface area contributed by atoms with Crippen LogP contribution < -0.4 is 0 Å². The summed E-state index contributed by atoms with van der Waals surface area (Å²) < 4.78 is 6.17. The summed E-state index contributed by atoms with van der Waals surface area (Å²) in [5.74, 6) is 0.707. The Morgan fingerprint density at radius 1 is 0.418 bits per heavy atom. The smallest absolute Gasteiger partial charge is 0.160 e. The van der Waals surface area contributed by atoms with Crippen molar-refractivity contribution in [2.45, 2.75) is 0 Å². The molecule has 0 fully saturated rings. The minimum Gasteiger partial charge on any atom is -0.309 e. The third-order valence-corrected chi connectivity index (χ3v) is 12.1. The highest BCUT2D eigenvalue weighted by Crippen LogP contribution is 2.50. The summed E-state index contributed by atoms with van der Waals surface area (Å²) >= 11 is 1.79. The molecule has 5 nitrogen and oxygen atoms in total. The Morgan fingerprint density at radius 3 is 1.78 bits per heavy atom. The third kappa shape index (κ3) is 4.37. The minimum atomic E-state index is 0.707. The molecular weight excluding hydrogens is 691 g/mol. The lowest BCUT2D eigenvalue weighted by Crippen LogP contribution is -1.97. The Labute approximate surface area is 319 Å². The summed E-state index contributed by atoms with van der Waals surface area (Å²) in [6, 6.07) is 60.2. The van der Waals surface area contributed by atoms with Crippen LogP contribution in [0.5, 0.6) is 0 Å².